The van der Waals surface area contributed by atoms with Crippen LogP contribution in [-0.4, -0.2) is 42.1 Å². The van der Waals surface area contributed by atoms with E-state index in [0.717, 1.165) is 49.2 Å². The third-order valence-electron chi connectivity index (χ3n) is 6.40. The van der Waals surface area contributed by atoms with Gasteiger partial charge in [0.2, 0.25) is 11.9 Å². The number of piperidine rings is 1. The summed E-state index contributed by atoms with van der Waals surface area (Å²) >= 11 is 0. The Morgan fingerprint density at radius 2 is 1.82 bits per heavy atom. The standard InChI is InChI=1S/C27H32FN5O/c1-3-32(4-2)25-12-10-20(11-13-25)16-29-26(34)22-8-6-14-33(19-22)27-30-17-23(18-31-27)21-7-5-9-24(28)15-21/h5,7,9-13,15,17-18,22H,3-4,6,8,14,16,19H2,1-2H3,(H,29,34). The van der Waals surface area contributed by atoms with Gasteiger partial charge in [-0.3, -0.25) is 4.79 Å². The lowest BCUT2D eigenvalue weighted by Crippen LogP contribution is -2.43. The second-order valence-electron chi connectivity index (χ2n) is 8.62. The number of hydrogen-bond donors (Lipinski definition) is 1. The molecule has 0 bridgehead atoms. The molecule has 1 amide bonds. The Kier molecular flexibility index (Phi) is 7.72. The van der Waals surface area contributed by atoms with Crippen molar-refractivity contribution in [3.8, 4) is 11.1 Å². The Morgan fingerprint density at radius 3 is 2.50 bits per heavy atom. The number of amides is 1. The molecule has 6 nitrogen and oxygen atoms in total. The third-order valence-corrected chi connectivity index (χ3v) is 6.40. The molecule has 0 spiro atoms. The zero-order valence-electron chi connectivity index (χ0n) is 19.9. The summed E-state index contributed by atoms with van der Waals surface area (Å²) in [5, 5.41) is 3.10. The summed E-state index contributed by atoms with van der Waals surface area (Å²) in [7, 11) is 0. The van der Waals surface area contributed by atoms with E-state index in [2.05, 4.69) is 63.2 Å². The molecule has 34 heavy (non-hydrogen) atoms. The lowest BCUT2D eigenvalue weighted by atomic mass is 9.97. The first kappa shape index (κ1) is 23.7. The predicted octanol–water partition coefficient (Wildman–Crippen LogP) is 4.66. The number of nitrogens with one attached hydrogen (secondary N) is 1. The third kappa shape index (κ3) is 5.71. The summed E-state index contributed by atoms with van der Waals surface area (Å²) in [6, 6.07) is 14.8. The SMILES string of the molecule is CCN(CC)c1ccc(CNC(=O)C2CCCN(c3ncc(-c4cccc(F)c4)cn3)C2)cc1. The van der Waals surface area contributed by atoms with E-state index in [9.17, 15) is 9.18 Å². The van der Waals surface area contributed by atoms with E-state index >= 15 is 0 Å². The molecule has 7 heteroatoms. The van der Waals surface area contributed by atoms with Crippen molar-refractivity contribution in [1.82, 2.24) is 15.3 Å². The van der Waals surface area contributed by atoms with Crippen molar-refractivity contribution in [2.75, 3.05) is 36.0 Å². The van der Waals surface area contributed by atoms with Crippen LogP contribution in [0.1, 0.15) is 32.3 Å². The monoisotopic (exact) mass is 461 g/mol. The van der Waals surface area contributed by atoms with E-state index in [4.69, 9.17) is 0 Å². The maximum atomic E-state index is 13.5. The quantitative estimate of drug-likeness (QED) is 0.529. The molecule has 1 aromatic heterocycles. The Hall–Kier alpha value is -3.48. The molecule has 3 aromatic rings. The fourth-order valence-corrected chi connectivity index (χ4v) is 4.42. The molecular formula is C27H32FN5O. The van der Waals surface area contributed by atoms with Gasteiger partial charge in [-0.25, -0.2) is 14.4 Å². The minimum atomic E-state index is -0.286. The molecule has 0 aliphatic carbocycles. The normalized spacial score (nSPS) is 15.7. The highest BCUT2D eigenvalue weighted by molar-refractivity contribution is 5.79. The number of benzene rings is 2. The highest BCUT2D eigenvalue weighted by Crippen LogP contribution is 2.23. The Bertz CT molecular complexity index is 1080. The van der Waals surface area contributed by atoms with Crippen LogP contribution >= 0.6 is 0 Å². The number of halogens is 1. The molecule has 1 aliphatic rings. The van der Waals surface area contributed by atoms with Crippen LogP contribution in [0, 0.1) is 11.7 Å². The summed E-state index contributed by atoms with van der Waals surface area (Å²) in [4.78, 5) is 26.2. The molecule has 4 rings (SSSR count). The van der Waals surface area contributed by atoms with Gasteiger partial charge in [-0.1, -0.05) is 24.3 Å². The summed E-state index contributed by atoms with van der Waals surface area (Å²) in [5.74, 6) is 0.278. The zero-order valence-corrected chi connectivity index (χ0v) is 19.9. The maximum Gasteiger partial charge on any atom is 0.225 e. The van der Waals surface area contributed by atoms with Crippen molar-refractivity contribution >= 4 is 17.5 Å². The largest absolute Gasteiger partial charge is 0.372 e. The van der Waals surface area contributed by atoms with Gasteiger partial charge in [0.1, 0.15) is 5.82 Å². The summed E-state index contributed by atoms with van der Waals surface area (Å²) < 4.78 is 13.5. The summed E-state index contributed by atoms with van der Waals surface area (Å²) in [6.45, 7) is 8.17. The van der Waals surface area contributed by atoms with Crippen LogP contribution in [0.15, 0.2) is 60.9 Å². The van der Waals surface area contributed by atoms with Gasteiger partial charge in [-0.05, 0) is 62.1 Å². The van der Waals surface area contributed by atoms with E-state index in [1.165, 1.54) is 17.8 Å². The lowest BCUT2D eigenvalue weighted by molar-refractivity contribution is -0.125. The first-order valence-electron chi connectivity index (χ1n) is 12.0. The first-order valence-corrected chi connectivity index (χ1v) is 12.0. The highest BCUT2D eigenvalue weighted by Gasteiger charge is 2.27. The van der Waals surface area contributed by atoms with Crippen molar-refractivity contribution in [3.63, 3.8) is 0 Å². The maximum absolute atomic E-state index is 13.5. The molecule has 2 heterocycles. The second-order valence-corrected chi connectivity index (χ2v) is 8.62. The van der Waals surface area contributed by atoms with E-state index in [1.54, 1.807) is 18.5 Å². The van der Waals surface area contributed by atoms with Gasteiger partial charge in [0.25, 0.3) is 0 Å². The van der Waals surface area contributed by atoms with E-state index in [-0.39, 0.29) is 17.6 Å². The predicted molar refractivity (Wildman–Crippen MR) is 134 cm³/mol. The molecule has 1 unspecified atom stereocenters. The van der Waals surface area contributed by atoms with Crippen molar-refractivity contribution in [3.05, 3.63) is 72.3 Å². The van der Waals surface area contributed by atoms with Gasteiger partial charge in [-0.15, -0.1) is 0 Å². The number of hydrogen-bond acceptors (Lipinski definition) is 5. The molecule has 1 N–H and O–H groups in total. The Balaban J connectivity index is 1.33. The minimum Gasteiger partial charge on any atom is -0.372 e. The van der Waals surface area contributed by atoms with Gasteiger partial charge in [-0.2, -0.15) is 0 Å². The Morgan fingerprint density at radius 1 is 1.09 bits per heavy atom. The summed E-state index contributed by atoms with van der Waals surface area (Å²) in [6.07, 6.45) is 5.18. The lowest BCUT2D eigenvalue weighted by Gasteiger charge is -2.32. The van der Waals surface area contributed by atoms with Crippen LogP contribution in [0.5, 0.6) is 0 Å². The minimum absolute atomic E-state index is 0.0638. The molecule has 178 valence electrons. The van der Waals surface area contributed by atoms with Gasteiger partial charge < -0.3 is 15.1 Å². The van der Waals surface area contributed by atoms with Gasteiger partial charge in [0.05, 0.1) is 5.92 Å². The van der Waals surface area contributed by atoms with Gasteiger partial charge in [0, 0.05) is 56.4 Å². The molecule has 0 radical (unpaired) electrons. The highest BCUT2D eigenvalue weighted by atomic mass is 19.1. The second kappa shape index (κ2) is 11.1. The average molecular weight is 462 g/mol. The topological polar surface area (TPSA) is 61.4 Å². The van der Waals surface area contributed by atoms with Crippen molar-refractivity contribution in [2.24, 2.45) is 5.92 Å². The molecule has 0 saturated carbocycles. The van der Waals surface area contributed by atoms with Crippen LogP contribution in [-0.2, 0) is 11.3 Å². The van der Waals surface area contributed by atoms with E-state index in [0.29, 0.717) is 19.0 Å². The van der Waals surface area contributed by atoms with E-state index < -0.39 is 0 Å². The average Bonchev–Trinajstić information content (AvgIpc) is 2.89. The smallest absolute Gasteiger partial charge is 0.225 e. The fourth-order valence-electron chi connectivity index (χ4n) is 4.42. The molecule has 2 aromatic carbocycles. The zero-order chi connectivity index (χ0) is 23.9. The molecule has 1 saturated heterocycles. The van der Waals surface area contributed by atoms with Crippen LogP contribution in [0.2, 0.25) is 0 Å². The van der Waals surface area contributed by atoms with Gasteiger partial charge >= 0.3 is 0 Å². The molecular weight excluding hydrogens is 429 g/mol. The number of nitrogens with zero attached hydrogens (tertiary/aromatic N) is 4. The fraction of sp³-hybridized carbons (Fsp3) is 0.370. The van der Waals surface area contributed by atoms with Crippen LogP contribution in [0.4, 0.5) is 16.0 Å². The first-order chi connectivity index (χ1) is 16.6. The molecule has 1 atom stereocenters. The van der Waals surface area contributed by atoms with Gasteiger partial charge in [0.15, 0.2) is 0 Å². The van der Waals surface area contributed by atoms with Crippen molar-refractivity contribution < 1.29 is 9.18 Å². The van der Waals surface area contributed by atoms with Crippen molar-refractivity contribution in [1.29, 1.82) is 0 Å². The van der Waals surface area contributed by atoms with Crippen molar-refractivity contribution in [2.45, 2.75) is 33.2 Å². The number of aromatic nitrogens is 2. The van der Waals surface area contributed by atoms with Crippen LogP contribution < -0.4 is 15.1 Å². The molecule has 1 aliphatic heterocycles. The molecule has 1 fully saturated rings. The number of rotatable bonds is 8. The number of carbonyl (C=O) groups is 1. The summed E-state index contributed by atoms with van der Waals surface area (Å²) in [5.41, 5.74) is 3.80. The van der Waals surface area contributed by atoms with Crippen LogP contribution in [0.3, 0.4) is 0 Å². The Labute approximate surface area is 200 Å². The van der Waals surface area contributed by atoms with E-state index in [1.807, 2.05) is 6.07 Å². The number of carbonyl (C=O) groups excluding carboxylic acids is 1. The van der Waals surface area contributed by atoms with Crippen LogP contribution in [0.25, 0.3) is 11.1 Å². The number of anilines is 2.